The van der Waals surface area contributed by atoms with Gasteiger partial charge in [-0.1, -0.05) is 0 Å². The van der Waals surface area contributed by atoms with Crippen molar-refractivity contribution in [3.63, 3.8) is 0 Å². The highest BCUT2D eigenvalue weighted by molar-refractivity contribution is 7.80. The summed E-state index contributed by atoms with van der Waals surface area (Å²) in [6.45, 7) is 6.15. The van der Waals surface area contributed by atoms with Gasteiger partial charge in [0.1, 0.15) is 0 Å². The van der Waals surface area contributed by atoms with Crippen molar-refractivity contribution >= 4 is 17.3 Å². The summed E-state index contributed by atoms with van der Waals surface area (Å²) < 4.78 is 0. The van der Waals surface area contributed by atoms with Crippen LogP contribution in [0.3, 0.4) is 0 Å². The second kappa shape index (κ2) is 4.56. The second-order valence-electron chi connectivity index (χ2n) is 1.73. The summed E-state index contributed by atoms with van der Waals surface area (Å²) in [5, 5.41) is 3.76. The predicted octanol–water partition coefficient (Wildman–Crippen LogP) is 0.833. The number of nitrogens with zero attached hydrogens (tertiary/aromatic N) is 1. The van der Waals surface area contributed by atoms with Gasteiger partial charge in [0.2, 0.25) is 0 Å². The average molecular weight is 146 g/mol. The van der Waals surface area contributed by atoms with E-state index in [1.807, 2.05) is 7.05 Å². The van der Waals surface area contributed by atoms with Crippen molar-refractivity contribution in [1.82, 2.24) is 10.2 Å². The number of hydrogen-bond acceptors (Lipinski definition) is 1. The van der Waals surface area contributed by atoms with Gasteiger partial charge in [0.05, 0.1) is 0 Å². The molecular formula is C6H14N2S. The van der Waals surface area contributed by atoms with Crippen LogP contribution >= 0.6 is 12.2 Å². The highest BCUT2D eigenvalue weighted by atomic mass is 32.1. The van der Waals surface area contributed by atoms with Crippen molar-refractivity contribution in [1.29, 1.82) is 0 Å². The van der Waals surface area contributed by atoms with E-state index in [4.69, 9.17) is 12.2 Å². The van der Waals surface area contributed by atoms with E-state index in [-0.39, 0.29) is 0 Å². The Labute approximate surface area is 62.2 Å². The van der Waals surface area contributed by atoms with Gasteiger partial charge in [0, 0.05) is 20.1 Å². The molecule has 0 aromatic heterocycles. The molecule has 0 rings (SSSR count). The Morgan fingerprint density at radius 3 is 2.00 bits per heavy atom. The Bertz CT molecular complexity index is 89.1. The van der Waals surface area contributed by atoms with E-state index in [0.29, 0.717) is 0 Å². The van der Waals surface area contributed by atoms with Crippen LogP contribution in [0, 0.1) is 0 Å². The van der Waals surface area contributed by atoms with Crippen molar-refractivity contribution in [3.05, 3.63) is 0 Å². The van der Waals surface area contributed by atoms with Crippen LogP contribution in [-0.2, 0) is 0 Å². The molecule has 1 N–H and O–H groups in total. The maximum absolute atomic E-state index is 4.99. The van der Waals surface area contributed by atoms with Crippen molar-refractivity contribution in [3.8, 4) is 0 Å². The third kappa shape index (κ3) is 2.65. The summed E-state index contributed by atoms with van der Waals surface area (Å²) in [4.78, 5) is 2.09. The SMILES string of the molecule is CCN(CC)C(=S)NC. The molecule has 0 unspecified atom stereocenters. The zero-order valence-electron chi connectivity index (χ0n) is 6.27. The molecule has 54 valence electrons. The first-order valence-corrected chi connectivity index (χ1v) is 3.63. The molecule has 0 saturated heterocycles. The first kappa shape index (κ1) is 8.69. The molecule has 0 spiro atoms. The monoisotopic (exact) mass is 146 g/mol. The summed E-state index contributed by atoms with van der Waals surface area (Å²) in [5.41, 5.74) is 0. The van der Waals surface area contributed by atoms with E-state index in [0.717, 1.165) is 18.2 Å². The first-order chi connectivity index (χ1) is 4.26. The molecule has 0 atom stereocenters. The minimum absolute atomic E-state index is 0.833. The third-order valence-corrected chi connectivity index (χ3v) is 1.73. The van der Waals surface area contributed by atoms with Crippen LogP contribution in [-0.4, -0.2) is 30.1 Å². The zero-order chi connectivity index (χ0) is 7.28. The van der Waals surface area contributed by atoms with Gasteiger partial charge in [-0.2, -0.15) is 0 Å². The topological polar surface area (TPSA) is 15.3 Å². The molecule has 0 aliphatic rings. The van der Waals surface area contributed by atoms with Gasteiger partial charge >= 0.3 is 0 Å². The highest BCUT2D eigenvalue weighted by Gasteiger charge is 1.99. The third-order valence-electron chi connectivity index (χ3n) is 1.26. The normalized spacial score (nSPS) is 8.78. The van der Waals surface area contributed by atoms with Crippen LogP contribution in [0.2, 0.25) is 0 Å². The van der Waals surface area contributed by atoms with Gasteiger partial charge in [-0.3, -0.25) is 0 Å². The standard InChI is InChI=1S/C6H14N2S/c1-4-8(5-2)6(9)7-3/h4-5H2,1-3H3,(H,7,9). The maximum atomic E-state index is 4.99. The van der Waals surface area contributed by atoms with E-state index in [9.17, 15) is 0 Å². The van der Waals surface area contributed by atoms with E-state index in [1.165, 1.54) is 0 Å². The number of hydrogen-bond donors (Lipinski definition) is 1. The average Bonchev–Trinajstić information content (AvgIpc) is 1.90. The van der Waals surface area contributed by atoms with E-state index in [2.05, 4.69) is 24.1 Å². The zero-order valence-corrected chi connectivity index (χ0v) is 7.09. The van der Waals surface area contributed by atoms with E-state index >= 15 is 0 Å². The molecule has 0 bridgehead atoms. The minimum Gasteiger partial charge on any atom is -0.366 e. The Balaban J connectivity index is 3.64. The Kier molecular flexibility index (Phi) is 4.40. The maximum Gasteiger partial charge on any atom is 0.168 e. The minimum atomic E-state index is 0.833. The van der Waals surface area contributed by atoms with Gasteiger partial charge in [-0.15, -0.1) is 0 Å². The Morgan fingerprint density at radius 2 is 1.89 bits per heavy atom. The van der Waals surface area contributed by atoms with Gasteiger partial charge in [-0.05, 0) is 26.1 Å². The summed E-state index contributed by atoms with van der Waals surface area (Å²) in [5.74, 6) is 0. The van der Waals surface area contributed by atoms with Crippen LogP contribution in [0.15, 0.2) is 0 Å². The van der Waals surface area contributed by atoms with Crippen molar-refractivity contribution in [2.24, 2.45) is 0 Å². The van der Waals surface area contributed by atoms with Crippen LogP contribution < -0.4 is 5.32 Å². The Morgan fingerprint density at radius 1 is 1.44 bits per heavy atom. The molecule has 0 radical (unpaired) electrons. The molecule has 9 heavy (non-hydrogen) atoms. The van der Waals surface area contributed by atoms with Crippen molar-refractivity contribution in [2.45, 2.75) is 13.8 Å². The lowest BCUT2D eigenvalue weighted by molar-refractivity contribution is 0.461. The fraction of sp³-hybridized carbons (Fsp3) is 0.833. The molecule has 0 aromatic rings. The molecule has 0 amide bonds. The lowest BCUT2D eigenvalue weighted by Crippen LogP contribution is -2.37. The summed E-state index contributed by atoms with van der Waals surface area (Å²) in [7, 11) is 1.85. The molecular weight excluding hydrogens is 132 g/mol. The molecule has 0 fully saturated rings. The molecule has 0 aliphatic carbocycles. The molecule has 0 aromatic carbocycles. The summed E-state index contributed by atoms with van der Waals surface area (Å²) in [6.07, 6.45) is 0. The van der Waals surface area contributed by atoms with Crippen LogP contribution in [0.1, 0.15) is 13.8 Å². The van der Waals surface area contributed by atoms with Crippen molar-refractivity contribution in [2.75, 3.05) is 20.1 Å². The lowest BCUT2D eigenvalue weighted by atomic mass is 10.5. The van der Waals surface area contributed by atoms with Crippen molar-refractivity contribution < 1.29 is 0 Å². The van der Waals surface area contributed by atoms with Gasteiger partial charge in [-0.25, -0.2) is 0 Å². The first-order valence-electron chi connectivity index (χ1n) is 3.22. The predicted molar refractivity (Wildman–Crippen MR) is 44.6 cm³/mol. The molecule has 2 nitrogen and oxygen atoms in total. The van der Waals surface area contributed by atoms with Crippen LogP contribution in [0.4, 0.5) is 0 Å². The highest BCUT2D eigenvalue weighted by Crippen LogP contribution is 1.86. The summed E-state index contributed by atoms with van der Waals surface area (Å²) >= 11 is 4.99. The fourth-order valence-electron chi connectivity index (χ4n) is 0.669. The van der Waals surface area contributed by atoms with E-state index in [1.54, 1.807) is 0 Å². The quantitative estimate of drug-likeness (QED) is 0.581. The van der Waals surface area contributed by atoms with Gasteiger partial charge in [0.15, 0.2) is 5.11 Å². The second-order valence-corrected chi connectivity index (χ2v) is 2.11. The van der Waals surface area contributed by atoms with Crippen LogP contribution in [0.25, 0.3) is 0 Å². The molecule has 0 heterocycles. The van der Waals surface area contributed by atoms with Crippen LogP contribution in [0.5, 0.6) is 0 Å². The van der Waals surface area contributed by atoms with Gasteiger partial charge < -0.3 is 10.2 Å². The smallest absolute Gasteiger partial charge is 0.168 e. The molecule has 0 aliphatic heterocycles. The molecule has 0 saturated carbocycles. The fourth-order valence-corrected chi connectivity index (χ4v) is 0.927. The lowest BCUT2D eigenvalue weighted by Gasteiger charge is -2.20. The van der Waals surface area contributed by atoms with E-state index < -0.39 is 0 Å². The largest absolute Gasteiger partial charge is 0.366 e. The molecule has 3 heteroatoms. The van der Waals surface area contributed by atoms with Gasteiger partial charge in [0.25, 0.3) is 0 Å². The number of rotatable bonds is 2. The Hall–Kier alpha value is -0.310. The number of nitrogens with one attached hydrogen (secondary N) is 1. The summed E-state index contributed by atoms with van der Waals surface area (Å²) in [6, 6.07) is 0. The number of thiocarbonyl (C=S) groups is 1.